The van der Waals surface area contributed by atoms with Crippen molar-refractivity contribution in [2.75, 3.05) is 10.8 Å². The van der Waals surface area contributed by atoms with Gasteiger partial charge in [0.15, 0.2) is 6.61 Å². The van der Waals surface area contributed by atoms with Crippen LogP contribution >= 0.6 is 11.3 Å². The maximum atomic E-state index is 12.9. The van der Waals surface area contributed by atoms with Gasteiger partial charge in [0, 0.05) is 5.39 Å². The van der Waals surface area contributed by atoms with Gasteiger partial charge < -0.3 is 9.26 Å². The van der Waals surface area contributed by atoms with E-state index in [1.165, 1.54) is 17.4 Å². The number of thiophene rings is 1. The van der Waals surface area contributed by atoms with Gasteiger partial charge in [-0.05, 0) is 29.0 Å². The van der Waals surface area contributed by atoms with Crippen LogP contribution in [0.4, 0.5) is 5.69 Å². The topological polar surface area (TPSA) is 103 Å². The first-order valence-electron chi connectivity index (χ1n) is 8.60. The van der Waals surface area contributed by atoms with Gasteiger partial charge >= 0.3 is 5.97 Å². The molecule has 3 heterocycles. The standard InChI is InChI=1S/C19H13N3O5S2/c23-17(26-11-16-20-19(21-27-16)14-7-3-9-28-14)10-22-13-6-1-4-12-5-2-8-15(18(12)13)29(22,24)25/h1-9H,10-11H2. The molecule has 0 aliphatic carbocycles. The van der Waals surface area contributed by atoms with Crippen LogP contribution in [-0.2, 0) is 26.2 Å². The second kappa shape index (κ2) is 6.68. The molecular formula is C19H13N3O5S2. The Morgan fingerprint density at radius 1 is 1.14 bits per heavy atom. The highest BCUT2D eigenvalue weighted by Gasteiger charge is 2.37. The van der Waals surface area contributed by atoms with Crippen LogP contribution in [0.15, 0.2) is 63.3 Å². The lowest BCUT2D eigenvalue weighted by Crippen LogP contribution is -2.33. The number of nitrogens with zero attached hydrogens (tertiary/aromatic N) is 3. The largest absolute Gasteiger partial charge is 0.454 e. The maximum absolute atomic E-state index is 12.9. The molecule has 0 fully saturated rings. The second-order valence-electron chi connectivity index (χ2n) is 6.29. The molecule has 4 aromatic rings. The van der Waals surface area contributed by atoms with Gasteiger partial charge in [-0.25, -0.2) is 8.42 Å². The number of aromatic nitrogens is 2. The van der Waals surface area contributed by atoms with Crippen LogP contribution in [0.2, 0.25) is 0 Å². The normalized spacial score (nSPS) is 14.4. The number of sulfonamides is 1. The van der Waals surface area contributed by atoms with Gasteiger partial charge in [-0.2, -0.15) is 4.98 Å². The average Bonchev–Trinajstić information content (AvgIpc) is 3.44. The highest BCUT2D eigenvalue weighted by atomic mass is 32.2. The minimum absolute atomic E-state index is 0.136. The molecule has 0 bridgehead atoms. The Bertz CT molecular complexity index is 1320. The third-order valence-corrected chi connectivity index (χ3v) is 7.19. The summed E-state index contributed by atoms with van der Waals surface area (Å²) in [6.45, 7) is -0.676. The van der Waals surface area contributed by atoms with Crippen LogP contribution in [0.5, 0.6) is 0 Å². The molecule has 2 aromatic carbocycles. The van der Waals surface area contributed by atoms with Crippen molar-refractivity contribution in [3.05, 3.63) is 59.8 Å². The quantitative estimate of drug-likeness (QED) is 0.451. The highest BCUT2D eigenvalue weighted by Crippen LogP contribution is 2.41. The van der Waals surface area contributed by atoms with Crippen molar-refractivity contribution in [1.82, 2.24) is 10.1 Å². The summed E-state index contributed by atoms with van der Waals surface area (Å²) in [6, 6.07) is 14.0. The minimum atomic E-state index is -3.82. The van der Waals surface area contributed by atoms with Gasteiger partial charge in [0.05, 0.1) is 15.5 Å². The van der Waals surface area contributed by atoms with E-state index >= 15 is 0 Å². The number of hydrogen-bond acceptors (Lipinski definition) is 8. The van der Waals surface area contributed by atoms with E-state index in [4.69, 9.17) is 9.26 Å². The summed E-state index contributed by atoms with van der Waals surface area (Å²) in [6.07, 6.45) is 0. The number of anilines is 1. The van der Waals surface area contributed by atoms with Crippen molar-refractivity contribution in [2.24, 2.45) is 0 Å². The summed E-state index contributed by atoms with van der Waals surface area (Å²) in [4.78, 5) is 17.5. The van der Waals surface area contributed by atoms with Gasteiger partial charge in [-0.3, -0.25) is 9.10 Å². The summed E-state index contributed by atoms with van der Waals surface area (Å²) in [5.74, 6) is -0.166. The molecule has 0 saturated carbocycles. The zero-order valence-corrected chi connectivity index (χ0v) is 16.4. The Morgan fingerprint density at radius 2 is 1.97 bits per heavy atom. The van der Waals surface area contributed by atoms with E-state index < -0.39 is 22.5 Å². The van der Waals surface area contributed by atoms with Gasteiger partial charge in [0.2, 0.25) is 5.82 Å². The Balaban J connectivity index is 1.32. The molecule has 0 N–H and O–H groups in total. The molecule has 146 valence electrons. The van der Waals surface area contributed by atoms with Crippen molar-refractivity contribution >= 4 is 43.8 Å². The summed E-state index contributed by atoms with van der Waals surface area (Å²) in [5, 5.41) is 7.14. The number of hydrogen-bond donors (Lipinski definition) is 0. The van der Waals surface area contributed by atoms with E-state index in [0.717, 1.165) is 14.6 Å². The van der Waals surface area contributed by atoms with Crippen LogP contribution in [0.1, 0.15) is 5.89 Å². The minimum Gasteiger partial charge on any atom is -0.454 e. The predicted molar refractivity (Wildman–Crippen MR) is 106 cm³/mol. The zero-order valence-electron chi connectivity index (χ0n) is 14.8. The van der Waals surface area contributed by atoms with Crippen LogP contribution in [-0.4, -0.2) is 31.1 Å². The molecule has 0 spiro atoms. The third-order valence-electron chi connectivity index (χ3n) is 4.52. The Labute approximate surface area is 169 Å². The lowest BCUT2D eigenvalue weighted by atomic mass is 10.1. The molecule has 0 radical (unpaired) electrons. The van der Waals surface area contributed by atoms with Crippen LogP contribution in [0, 0.1) is 0 Å². The average molecular weight is 427 g/mol. The maximum Gasteiger partial charge on any atom is 0.327 e. The summed E-state index contributed by atoms with van der Waals surface area (Å²) in [7, 11) is -3.82. The van der Waals surface area contributed by atoms with E-state index in [0.29, 0.717) is 16.9 Å². The molecular weight excluding hydrogens is 414 g/mol. The summed E-state index contributed by atoms with van der Waals surface area (Å²) >= 11 is 1.46. The Morgan fingerprint density at radius 3 is 2.76 bits per heavy atom. The summed E-state index contributed by atoms with van der Waals surface area (Å²) < 4.78 is 37.1. The van der Waals surface area contributed by atoms with E-state index in [2.05, 4.69) is 10.1 Å². The number of carbonyl (C=O) groups excluding carboxylic acids is 1. The lowest BCUT2D eigenvalue weighted by Gasteiger charge is -2.17. The first-order chi connectivity index (χ1) is 14.0. The monoisotopic (exact) mass is 427 g/mol. The number of ether oxygens (including phenoxy) is 1. The first kappa shape index (κ1) is 17.8. The van der Waals surface area contributed by atoms with Crippen LogP contribution < -0.4 is 4.31 Å². The summed E-state index contributed by atoms with van der Waals surface area (Å²) in [5.41, 5.74) is 0.466. The van der Waals surface area contributed by atoms with Gasteiger partial charge in [-0.1, -0.05) is 35.5 Å². The molecule has 2 aromatic heterocycles. The van der Waals surface area contributed by atoms with Crippen molar-refractivity contribution < 1.29 is 22.5 Å². The number of benzene rings is 2. The van der Waals surface area contributed by atoms with Crippen molar-refractivity contribution in [3.63, 3.8) is 0 Å². The Kier molecular flexibility index (Phi) is 4.10. The highest BCUT2D eigenvalue weighted by molar-refractivity contribution is 7.93. The van der Waals surface area contributed by atoms with Crippen molar-refractivity contribution in [1.29, 1.82) is 0 Å². The SMILES string of the molecule is O=C(CN1c2cccc3cccc(c23)S1(=O)=O)OCc1nc(-c2cccs2)no1. The van der Waals surface area contributed by atoms with Gasteiger partial charge in [0.25, 0.3) is 15.9 Å². The molecule has 0 saturated heterocycles. The van der Waals surface area contributed by atoms with E-state index in [9.17, 15) is 13.2 Å². The third kappa shape index (κ3) is 2.97. The molecule has 8 nitrogen and oxygen atoms in total. The lowest BCUT2D eigenvalue weighted by molar-refractivity contribution is -0.143. The van der Waals surface area contributed by atoms with Crippen molar-refractivity contribution in [3.8, 4) is 10.7 Å². The molecule has 29 heavy (non-hydrogen) atoms. The van der Waals surface area contributed by atoms with Gasteiger partial charge in [-0.15, -0.1) is 11.3 Å². The van der Waals surface area contributed by atoms with E-state index in [1.54, 1.807) is 18.2 Å². The van der Waals surface area contributed by atoms with Crippen LogP contribution in [0.25, 0.3) is 21.5 Å². The molecule has 0 unspecified atom stereocenters. The fraction of sp³-hybridized carbons (Fsp3) is 0.105. The number of rotatable bonds is 5. The molecule has 0 amide bonds. The second-order valence-corrected chi connectivity index (χ2v) is 9.07. The van der Waals surface area contributed by atoms with Gasteiger partial charge in [0.1, 0.15) is 6.54 Å². The Hall–Kier alpha value is -3.24. The smallest absolute Gasteiger partial charge is 0.327 e. The molecule has 1 aliphatic rings. The predicted octanol–water partition coefficient (Wildman–Crippen LogP) is 3.20. The number of carbonyl (C=O) groups is 1. The molecule has 5 rings (SSSR count). The van der Waals surface area contributed by atoms with E-state index in [1.807, 2.05) is 29.6 Å². The van der Waals surface area contributed by atoms with E-state index in [-0.39, 0.29) is 17.4 Å². The molecule has 10 heteroatoms. The fourth-order valence-corrected chi connectivity index (χ4v) is 5.56. The zero-order chi connectivity index (χ0) is 20.0. The molecule has 1 aliphatic heterocycles. The van der Waals surface area contributed by atoms with Crippen LogP contribution in [0.3, 0.4) is 0 Å². The molecule has 0 atom stereocenters. The fourth-order valence-electron chi connectivity index (χ4n) is 3.25. The number of esters is 1. The first-order valence-corrected chi connectivity index (χ1v) is 10.9. The van der Waals surface area contributed by atoms with Crippen molar-refractivity contribution in [2.45, 2.75) is 11.5 Å².